The van der Waals surface area contributed by atoms with Gasteiger partial charge in [-0.1, -0.05) is 6.07 Å². The topological polar surface area (TPSA) is 75.6 Å². The molecule has 2 rings (SSSR count). The van der Waals surface area contributed by atoms with Gasteiger partial charge >= 0.3 is 5.97 Å². The number of aliphatic carboxylic acids is 1. The summed E-state index contributed by atoms with van der Waals surface area (Å²) < 4.78 is 5.19. The molecule has 1 aliphatic heterocycles. The van der Waals surface area contributed by atoms with Crippen molar-refractivity contribution < 1.29 is 19.4 Å². The number of anilines is 1. The van der Waals surface area contributed by atoms with E-state index in [0.29, 0.717) is 18.9 Å². The number of rotatable bonds is 4. The fraction of sp³-hybridized carbons (Fsp3) is 0.333. The molecule has 1 heterocycles. The van der Waals surface area contributed by atoms with Gasteiger partial charge in [0, 0.05) is 18.4 Å². The number of carboxylic acid groups (broad SMARTS) is 1. The molecule has 0 aromatic heterocycles. The van der Waals surface area contributed by atoms with E-state index in [9.17, 15) is 9.59 Å². The van der Waals surface area contributed by atoms with Gasteiger partial charge in [-0.05, 0) is 42.7 Å². The Morgan fingerprint density at radius 2 is 2.25 bits per heavy atom. The fourth-order valence-electron chi connectivity index (χ4n) is 2.04. The van der Waals surface area contributed by atoms with E-state index < -0.39 is 5.97 Å². The molecule has 1 aliphatic rings. The Kier molecular flexibility index (Phi) is 4.53. The van der Waals surface area contributed by atoms with Crippen molar-refractivity contribution in [2.75, 3.05) is 18.5 Å². The van der Waals surface area contributed by atoms with Crippen LogP contribution in [0.5, 0.6) is 0 Å². The third-order valence-corrected chi connectivity index (χ3v) is 3.25. The monoisotopic (exact) mass is 275 g/mol. The highest BCUT2D eigenvalue weighted by Crippen LogP contribution is 2.19. The maximum Gasteiger partial charge on any atom is 0.328 e. The molecule has 1 aromatic rings. The molecule has 0 radical (unpaired) electrons. The summed E-state index contributed by atoms with van der Waals surface area (Å²) in [6, 6.07) is 5.42. The predicted octanol–water partition coefficient (Wildman–Crippen LogP) is 2.07. The third-order valence-electron chi connectivity index (χ3n) is 3.25. The van der Waals surface area contributed by atoms with Crippen molar-refractivity contribution in [3.05, 3.63) is 35.4 Å². The normalized spacial score (nSPS) is 18.4. The molecule has 0 spiro atoms. The first-order valence-electron chi connectivity index (χ1n) is 6.46. The number of carboxylic acids is 1. The molecular weight excluding hydrogens is 258 g/mol. The largest absolute Gasteiger partial charge is 0.478 e. The molecule has 0 saturated carbocycles. The maximum absolute atomic E-state index is 12.0. The Morgan fingerprint density at radius 1 is 1.45 bits per heavy atom. The predicted molar refractivity (Wildman–Crippen MR) is 75.4 cm³/mol. The number of benzene rings is 1. The summed E-state index contributed by atoms with van der Waals surface area (Å²) in [6.07, 6.45) is 3.34. The van der Waals surface area contributed by atoms with Crippen LogP contribution >= 0.6 is 0 Å². The van der Waals surface area contributed by atoms with E-state index in [-0.39, 0.29) is 11.8 Å². The summed E-state index contributed by atoms with van der Waals surface area (Å²) in [5.74, 6) is -1.16. The van der Waals surface area contributed by atoms with E-state index in [0.717, 1.165) is 23.6 Å². The minimum atomic E-state index is -0.998. The lowest BCUT2D eigenvalue weighted by Gasteiger charge is -2.11. The van der Waals surface area contributed by atoms with Crippen LogP contribution in [0.3, 0.4) is 0 Å². The second-order valence-corrected chi connectivity index (χ2v) is 4.79. The van der Waals surface area contributed by atoms with Crippen LogP contribution in [-0.4, -0.2) is 30.2 Å². The molecule has 20 heavy (non-hydrogen) atoms. The van der Waals surface area contributed by atoms with Crippen LogP contribution < -0.4 is 5.32 Å². The second-order valence-electron chi connectivity index (χ2n) is 4.79. The zero-order chi connectivity index (χ0) is 14.5. The Labute approximate surface area is 117 Å². The molecule has 2 N–H and O–H groups in total. The summed E-state index contributed by atoms with van der Waals surface area (Å²) in [6.45, 7) is 2.97. The van der Waals surface area contributed by atoms with E-state index in [1.165, 1.54) is 6.08 Å². The van der Waals surface area contributed by atoms with E-state index in [1.54, 1.807) is 12.1 Å². The summed E-state index contributed by atoms with van der Waals surface area (Å²) in [4.78, 5) is 22.5. The van der Waals surface area contributed by atoms with Crippen LogP contribution in [0, 0.1) is 12.8 Å². The van der Waals surface area contributed by atoms with E-state index in [2.05, 4.69) is 5.32 Å². The Balaban J connectivity index is 2.10. The summed E-state index contributed by atoms with van der Waals surface area (Å²) in [7, 11) is 0. The molecule has 1 aromatic carbocycles. The van der Waals surface area contributed by atoms with E-state index >= 15 is 0 Å². The first-order chi connectivity index (χ1) is 9.56. The van der Waals surface area contributed by atoms with Gasteiger partial charge in [-0.2, -0.15) is 0 Å². The summed E-state index contributed by atoms with van der Waals surface area (Å²) in [5, 5.41) is 11.5. The van der Waals surface area contributed by atoms with Crippen molar-refractivity contribution in [3.63, 3.8) is 0 Å². The van der Waals surface area contributed by atoms with Crippen LogP contribution in [0.15, 0.2) is 24.3 Å². The third kappa shape index (κ3) is 3.68. The van der Waals surface area contributed by atoms with Gasteiger partial charge in [-0.25, -0.2) is 4.79 Å². The van der Waals surface area contributed by atoms with Gasteiger partial charge in [0.25, 0.3) is 0 Å². The van der Waals surface area contributed by atoms with Crippen molar-refractivity contribution in [2.45, 2.75) is 13.3 Å². The molecule has 1 fully saturated rings. The lowest BCUT2D eigenvalue weighted by atomic mass is 10.1. The Morgan fingerprint density at radius 3 is 2.90 bits per heavy atom. The lowest BCUT2D eigenvalue weighted by molar-refractivity contribution is -0.131. The molecular formula is C15H17NO4. The highest BCUT2D eigenvalue weighted by molar-refractivity contribution is 5.93. The van der Waals surface area contributed by atoms with Gasteiger partial charge in [-0.3, -0.25) is 4.79 Å². The van der Waals surface area contributed by atoms with Crippen LogP contribution in [-0.2, 0) is 14.3 Å². The quantitative estimate of drug-likeness (QED) is 0.825. The number of nitrogens with one attached hydrogen (secondary N) is 1. The van der Waals surface area contributed by atoms with Gasteiger partial charge < -0.3 is 15.2 Å². The van der Waals surface area contributed by atoms with Crippen molar-refractivity contribution >= 4 is 23.6 Å². The first-order valence-corrected chi connectivity index (χ1v) is 6.46. The van der Waals surface area contributed by atoms with Gasteiger partial charge in [-0.15, -0.1) is 0 Å². The Hall–Kier alpha value is -2.14. The second kappa shape index (κ2) is 6.34. The molecule has 1 amide bonds. The van der Waals surface area contributed by atoms with Crippen molar-refractivity contribution in [2.24, 2.45) is 5.92 Å². The molecule has 1 saturated heterocycles. The molecule has 0 aliphatic carbocycles. The molecule has 5 heteroatoms. The smallest absolute Gasteiger partial charge is 0.328 e. The van der Waals surface area contributed by atoms with E-state index in [1.807, 2.05) is 13.0 Å². The molecule has 5 nitrogen and oxygen atoms in total. The molecule has 1 unspecified atom stereocenters. The minimum absolute atomic E-state index is 0.0560. The number of hydrogen-bond acceptors (Lipinski definition) is 3. The van der Waals surface area contributed by atoms with Crippen LogP contribution in [0.2, 0.25) is 0 Å². The van der Waals surface area contributed by atoms with E-state index in [4.69, 9.17) is 9.84 Å². The standard InChI is InChI=1S/C15H17NO4/c1-10-2-4-13(8-11(10)3-5-14(17)18)16-15(19)12-6-7-20-9-12/h2-5,8,12H,6-7,9H2,1H3,(H,16,19)(H,17,18). The van der Waals surface area contributed by atoms with Crippen molar-refractivity contribution in [3.8, 4) is 0 Å². The summed E-state index contributed by atoms with van der Waals surface area (Å²) in [5.41, 5.74) is 2.38. The van der Waals surface area contributed by atoms with Gasteiger partial charge in [0.15, 0.2) is 0 Å². The van der Waals surface area contributed by atoms with Crippen molar-refractivity contribution in [1.82, 2.24) is 0 Å². The number of ether oxygens (including phenoxy) is 1. The molecule has 1 atom stereocenters. The minimum Gasteiger partial charge on any atom is -0.478 e. The zero-order valence-corrected chi connectivity index (χ0v) is 11.3. The highest BCUT2D eigenvalue weighted by Gasteiger charge is 2.23. The van der Waals surface area contributed by atoms with Crippen LogP contribution in [0.4, 0.5) is 5.69 Å². The number of hydrogen-bond donors (Lipinski definition) is 2. The highest BCUT2D eigenvalue weighted by atomic mass is 16.5. The average Bonchev–Trinajstić information content (AvgIpc) is 2.93. The SMILES string of the molecule is Cc1ccc(NC(=O)C2CCOC2)cc1C=CC(=O)O. The number of carbonyl (C=O) groups excluding carboxylic acids is 1. The number of carbonyl (C=O) groups is 2. The maximum atomic E-state index is 12.0. The number of aryl methyl sites for hydroxylation is 1. The fourth-order valence-corrected chi connectivity index (χ4v) is 2.04. The zero-order valence-electron chi connectivity index (χ0n) is 11.3. The Bertz CT molecular complexity index is 545. The van der Waals surface area contributed by atoms with Gasteiger partial charge in [0.1, 0.15) is 0 Å². The van der Waals surface area contributed by atoms with Gasteiger partial charge in [0.05, 0.1) is 12.5 Å². The van der Waals surface area contributed by atoms with Crippen molar-refractivity contribution in [1.29, 1.82) is 0 Å². The summed E-state index contributed by atoms with van der Waals surface area (Å²) >= 11 is 0. The molecule has 0 bridgehead atoms. The lowest BCUT2D eigenvalue weighted by Crippen LogP contribution is -2.22. The first kappa shape index (κ1) is 14.3. The number of amides is 1. The van der Waals surface area contributed by atoms with Crippen LogP contribution in [0.25, 0.3) is 6.08 Å². The average molecular weight is 275 g/mol. The van der Waals surface area contributed by atoms with Gasteiger partial charge in [0.2, 0.25) is 5.91 Å². The van der Waals surface area contributed by atoms with Crippen LogP contribution in [0.1, 0.15) is 17.5 Å². The molecule has 106 valence electrons.